The molecule has 0 saturated heterocycles. The zero-order chi connectivity index (χ0) is 26.8. The number of thioether (sulfide) groups is 1. The molecule has 37 heavy (non-hydrogen) atoms. The van der Waals surface area contributed by atoms with Crippen molar-refractivity contribution in [2.24, 2.45) is 7.05 Å². The summed E-state index contributed by atoms with van der Waals surface area (Å²) in [5, 5.41) is 14.2. The van der Waals surface area contributed by atoms with Crippen LogP contribution in [0.2, 0.25) is 0 Å². The lowest BCUT2D eigenvalue weighted by Crippen LogP contribution is -2.22. The Morgan fingerprint density at radius 3 is 2.41 bits per heavy atom. The number of nitrogens with one attached hydrogen (secondary N) is 2. The van der Waals surface area contributed by atoms with Crippen molar-refractivity contribution in [2.75, 3.05) is 32.4 Å². The zero-order valence-electron chi connectivity index (χ0n) is 20.8. The number of carbonyl (C=O) groups is 3. The molecular formula is C25H27N5O6S. The first-order valence-corrected chi connectivity index (χ1v) is 12.0. The van der Waals surface area contributed by atoms with Gasteiger partial charge in [0.2, 0.25) is 11.8 Å². The summed E-state index contributed by atoms with van der Waals surface area (Å²) in [4.78, 5) is 36.0. The van der Waals surface area contributed by atoms with Crippen LogP contribution in [0.15, 0.2) is 53.7 Å². The van der Waals surface area contributed by atoms with Gasteiger partial charge in [-0.2, -0.15) is 0 Å². The highest BCUT2D eigenvalue weighted by atomic mass is 32.2. The number of hydrogen-bond donors (Lipinski definition) is 2. The number of rotatable bonds is 11. The number of benzene rings is 2. The van der Waals surface area contributed by atoms with Crippen LogP contribution >= 0.6 is 11.8 Å². The van der Waals surface area contributed by atoms with E-state index in [4.69, 9.17) is 9.47 Å². The van der Waals surface area contributed by atoms with E-state index in [2.05, 4.69) is 25.6 Å². The molecule has 0 aliphatic rings. The predicted octanol–water partition coefficient (Wildman–Crippen LogP) is 2.68. The number of ether oxygens (including phenoxy) is 3. The molecule has 0 fully saturated rings. The van der Waals surface area contributed by atoms with Crippen molar-refractivity contribution in [3.63, 3.8) is 0 Å². The fourth-order valence-electron chi connectivity index (χ4n) is 3.11. The summed E-state index contributed by atoms with van der Waals surface area (Å²) >= 11 is 1.21. The number of nitrogens with zero attached hydrogens (tertiary/aromatic N) is 3. The van der Waals surface area contributed by atoms with Crippen LogP contribution in [0, 0.1) is 0 Å². The average molecular weight is 526 g/mol. The monoisotopic (exact) mass is 525 g/mol. The maximum atomic E-state index is 12.3. The first kappa shape index (κ1) is 27.3. The van der Waals surface area contributed by atoms with E-state index in [1.165, 1.54) is 24.9 Å². The third-order valence-electron chi connectivity index (χ3n) is 5.10. The molecule has 0 radical (unpaired) electrons. The summed E-state index contributed by atoms with van der Waals surface area (Å²) in [6, 6.07) is 11.7. The van der Waals surface area contributed by atoms with Crippen LogP contribution in [0.3, 0.4) is 0 Å². The second-order valence-electron chi connectivity index (χ2n) is 7.53. The summed E-state index contributed by atoms with van der Waals surface area (Å²) in [5.41, 5.74) is 1.73. The van der Waals surface area contributed by atoms with Gasteiger partial charge in [0.15, 0.2) is 22.5 Å². The molecule has 0 bridgehead atoms. The van der Waals surface area contributed by atoms with Gasteiger partial charge in [0.05, 0.1) is 39.2 Å². The van der Waals surface area contributed by atoms with E-state index < -0.39 is 5.97 Å². The molecule has 2 N–H and O–H groups in total. The third kappa shape index (κ3) is 7.58. The number of aromatic nitrogens is 3. The Morgan fingerprint density at radius 2 is 1.73 bits per heavy atom. The Kier molecular flexibility index (Phi) is 9.67. The Labute approximate surface area is 218 Å². The summed E-state index contributed by atoms with van der Waals surface area (Å²) in [6.45, 7) is 0.165. The van der Waals surface area contributed by atoms with Gasteiger partial charge >= 0.3 is 5.97 Å². The number of esters is 1. The van der Waals surface area contributed by atoms with Crippen LogP contribution in [-0.4, -0.2) is 59.6 Å². The quantitative estimate of drug-likeness (QED) is 0.220. The van der Waals surface area contributed by atoms with Crippen LogP contribution in [0.4, 0.5) is 5.69 Å². The summed E-state index contributed by atoms with van der Waals surface area (Å²) in [6.07, 6.45) is 3.08. The van der Waals surface area contributed by atoms with Crippen molar-refractivity contribution >= 4 is 41.3 Å². The zero-order valence-corrected chi connectivity index (χ0v) is 21.6. The van der Waals surface area contributed by atoms with Gasteiger partial charge < -0.3 is 29.4 Å². The molecule has 0 unspecified atom stereocenters. The molecule has 3 rings (SSSR count). The summed E-state index contributed by atoms with van der Waals surface area (Å²) in [7, 11) is 6.16. The number of amides is 2. The molecule has 1 heterocycles. The fourth-order valence-corrected chi connectivity index (χ4v) is 3.84. The molecular weight excluding hydrogens is 498 g/mol. The largest absolute Gasteiger partial charge is 0.493 e. The van der Waals surface area contributed by atoms with Crippen LogP contribution < -0.4 is 20.1 Å². The SMILES string of the molecule is COC(=O)c1ccc(NC(=O)CSc2nnc(CNC(=O)C=Cc3ccc(OC)c(OC)c3)n2C)cc1. The van der Waals surface area contributed by atoms with Crippen molar-refractivity contribution in [1.29, 1.82) is 0 Å². The molecule has 11 nitrogen and oxygen atoms in total. The number of hydrogen-bond acceptors (Lipinski definition) is 9. The molecule has 0 atom stereocenters. The minimum Gasteiger partial charge on any atom is -0.493 e. The highest BCUT2D eigenvalue weighted by molar-refractivity contribution is 7.99. The smallest absolute Gasteiger partial charge is 0.337 e. The molecule has 0 saturated carbocycles. The van der Waals surface area contributed by atoms with Crippen molar-refractivity contribution in [2.45, 2.75) is 11.7 Å². The van der Waals surface area contributed by atoms with Gasteiger partial charge in [0, 0.05) is 18.8 Å². The Morgan fingerprint density at radius 1 is 1.00 bits per heavy atom. The van der Waals surface area contributed by atoms with E-state index in [9.17, 15) is 14.4 Å². The Hall–Kier alpha value is -4.32. The molecule has 3 aromatic rings. The second-order valence-corrected chi connectivity index (χ2v) is 8.47. The minimum atomic E-state index is -0.448. The molecule has 0 spiro atoms. The second kappa shape index (κ2) is 13.1. The van der Waals surface area contributed by atoms with Gasteiger partial charge in [-0.1, -0.05) is 17.8 Å². The van der Waals surface area contributed by atoms with Gasteiger partial charge in [-0.3, -0.25) is 9.59 Å². The molecule has 194 valence electrons. The number of carbonyl (C=O) groups excluding carboxylic acids is 3. The lowest BCUT2D eigenvalue weighted by Gasteiger charge is -2.07. The maximum Gasteiger partial charge on any atom is 0.337 e. The van der Waals surface area contributed by atoms with E-state index in [-0.39, 0.29) is 24.1 Å². The number of methoxy groups -OCH3 is 3. The molecule has 1 aromatic heterocycles. The minimum absolute atomic E-state index is 0.102. The molecule has 12 heteroatoms. The van der Waals surface area contributed by atoms with Crippen LogP contribution in [0.25, 0.3) is 6.08 Å². The maximum absolute atomic E-state index is 12.3. The molecule has 2 aromatic carbocycles. The third-order valence-corrected chi connectivity index (χ3v) is 6.12. The number of anilines is 1. The van der Waals surface area contributed by atoms with Crippen LogP contribution in [0.5, 0.6) is 11.5 Å². The highest BCUT2D eigenvalue weighted by Crippen LogP contribution is 2.28. The van der Waals surface area contributed by atoms with Crippen molar-refractivity contribution in [3.8, 4) is 11.5 Å². The van der Waals surface area contributed by atoms with Gasteiger partial charge in [0.25, 0.3) is 0 Å². The molecule has 0 aliphatic heterocycles. The van der Waals surface area contributed by atoms with Crippen molar-refractivity contribution in [3.05, 3.63) is 65.5 Å². The van der Waals surface area contributed by atoms with E-state index in [1.54, 1.807) is 68.3 Å². The highest BCUT2D eigenvalue weighted by Gasteiger charge is 2.13. The van der Waals surface area contributed by atoms with Crippen LogP contribution in [-0.2, 0) is 27.9 Å². The lowest BCUT2D eigenvalue weighted by atomic mass is 10.2. The van der Waals surface area contributed by atoms with Gasteiger partial charge in [-0.25, -0.2) is 4.79 Å². The fraction of sp³-hybridized carbons (Fsp3) is 0.240. The van der Waals surface area contributed by atoms with E-state index in [0.717, 1.165) is 5.56 Å². The van der Waals surface area contributed by atoms with Gasteiger partial charge in [0.1, 0.15) is 0 Å². The molecule has 2 amide bonds. The van der Waals surface area contributed by atoms with E-state index in [0.29, 0.717) is 33.7 Å². The topological polar surface area (TPSA) is 134 Å². The summed E-state index contributed by atoms with van der Waals surface area (Å²) in [5.74, 6) is 0.820. The van der Waals surface area contributed by atoms with E-state index >= 15 is 0 Å². The van der Waals surface area contributed by atoms with Crippen molar-refractivity contribution in [1.82, 2.24) is 20.1 Å². The standard InChI is InChI=1S/C25H27N5O6S/c1-30-21(14-26-22(31)12-6-16-5-11-19(34-2)20(13-16)35-3)28-29-25(30)37-15-23(32)27-18-9-7-17(8-10-18)24(33)36-4/h5-13H,14-15H2,1-4H3,(H,26,31)(H,27,32). The predicted molar refractivity (Wildman–Crippen MR) is 139 cm³/mol. The van der Waals surface area contributed by atoms with Crippen molar-refractivity contribution < 1.29 is 28.6 Å². The lowest BCUT2D eigenvalue weighted by molar-refractivity contribution is -0.116. The van der Waals surface area contributed by atoms with Gasteiger partial charge in [-0.05, 0) is 48.0 Å². The van der Waals surface area contributed by atoms with Gasteiger partial charge in [-0.15, -0.1) is 10.2 Å². The first-order valence-electron chi connectivity index (χ1n) is 11.0. The molecule has 0 aliphatic carbocycles. The van der Waals surface area contributed by atoms with Crippen LogP contribution in [0.1, 0.15) is 21.7 Å². The first-order chi connectivity index (χ1) is 17.8. The Bertz CT molecular complexity index is 1290. The Balaban J connectivity index is 1.48. The summed E-state index contributed by atoms with van der Waals surface area (Å²) < 4.78 is 16.8. The average Bonchev–Trinajstić information content (AvgIpc) is 3.28. The normalized spacial score (nSPS) is 10.7. The van der Waals surface area contributed by atoms with E-state index in [1.807, 2.05) is 6.07 Å².